The van der Waals surface area contributed by atoms with Crippen molar-refractivity contribution < 1.29 is 19.4 Å². The van der Waals surface area contributed by atoms with Gasteiger partial charge in [-0.3, -0.25) is 9.59 Å². The van der Waals surface area contributed by atoms with E-state index < -0.39 is 6.29 Å². The lowest BCUT2D eigenvalue weighted by atomic mass is 10.0. The number of carbonyl (C=O) groups is 1. The molecule has 0 aliphatic carbocycles. The lowest BCUT2D eigenvalue weighted by Gasteiger charge is -2.23. The van der Waals surface area contributed by atoms with Crippen molar-refractivity contribution >= 4 is 11.8 Å². The first kappa shape index (κ1) is 56.0. The molecule has 9 nitrogen and oxygen atoms in total. The monoisotopic (exact) mass is 847 g/mol. The third-order valence-electron chi connectivity index (χ3n) is 12.2. The van der Waals surface area contributed by atoms with E-state index in [4.69, 9.17) is 9.47 Å². The number of H-pyrrole nitrogens is 1. The molecule has 0 radical (unpaired) electrons. The van der Waals surface area contributed by atoms with E-state index in [-0.39, 0.29) is 23.7 Å². The van der Waals surface area contributed by atoms with Crippen LogP contribution in [0.25, 0.3) is 0 Å². The molecule has 0 saturated carbocycles. The van der Waals surface area contributed by atoms with Crippen LogP contribution in [0, 0.1) is 0 Å². The summed E-state index contributed by atoms with van der Waals surface area (Å²) in [5.74, 6) is 0.609. The van der Waals surface area contributed by atoms with Crippen LogP contribution in [0.15, 0.2) is 17.2 Å². The third-order valence-corrected chi connectivity index (χ3v) is 12.2. The van der Waals surface area contributed by atoms with Crippen LogP contribution in [-0.2, 0) is 14.3 Å². The third kappa shape index (κ3) is 35.6. The summed E-state index contributed by atoms with van der Waals surface area (Å²) < 4.78 is 12.1. The van der Waals surface area contributed by atoms with Crippen LogP contribution in [0.3, 0.4) is 0 Å². The van der Waals surface area contributed by atoms with Gasteiger partial charge in [0.2, 0.25) is 0 Å². The molecule has 0 aliphatic heterocycles. The standard InChI is InChI=1S/C51H98N4O5/c1-5-9-12-15-20-27-35-46(8-4)59-50(57)38-30-23-18-25-32-41-55(43-34-40-52-48-44-49(56)54-45-53-48)42-33-26-19-24-31-39-51(58)60-47(36-28-21-16-13-10-6-2)37-29-22-17-14-11-7-3/h44-47,51,58H,5-43H2,1-4H3,(H2,52,53,54,56). The maximum absolute atomic E-state index is 12.5. The molecule has 1 aromatic rings. The maximum Gasteiger partial charge on any atom is 0.306 e. The van der Waals surface area contributed by atoms with Crippen LogP contribution in [0.1, 0.15) is 252 Å². The topological polar surface area (TPSA) is 117 Å². The number of anilines is 1. The predicted octanol–water partition coefficient (Wildman–Crippen LogP) is 13.8. The number of nitrogens with zero attached hydrogens (tertiary/aromatic N) is 2. The Balaban J connectivity index is 2.37. The number of aromatic amines is 1. The number of carbonyl (C=O) groups excluding carboxylic acids is 1. The Bertz CT molecular complexity index is 1100. The highest BCUT2D eigenvalue weighted by Crippen LogP contribution is 2.20. The fraction of sp³-hybridized carbons (Fsp3) is 0.902. The normalized spacial score (nSPS) is 12.7. The molecule has 2 unspecified atom stereocenters. The number of ether oxygens (including phenoxy) is 2. The molecule has 1 aromatic heterocycles. The number of aliphatic hydroxyl groups is 1. The molecule has 0 aliphatic rings. The van der Waals surface area contributed by atoms with E-state index in [1.54, 1.807) is 0 Å². The quantitative estimate of drug-likeness (QED) is 0.0337. The number of aliphatic hydroxyl groups excluding tert-OH is 1. The van der Waals surface area contributed by atoms with Gasteiger partial charge < -0.3 is 29.8 Å². The van der Waals surface area contributed by atoms with Crippen molar-refractivity contribution in [2.24, 2.45) is 0 Å². The minimum atomic E-state index is -0.634. The van der Waals surface area contributed by atoms with Gasteiger partial charge in [0.1, 0.15) is 11.9 Å². The summed E-state index contributed by atoms with van der Waals surface area (Å²) in [6, 6.07) is 1.51. The lowest BCUT2D eigenvalue weighted by Crippen LogP contribution is -2.28. The smallest absolute Gasteiger partial charge is 0.306 e. The van der Waals surface area contributed by atoms with Crippen LogP contribution in [-0.4, -0.2) is 70.6 Å². The molecule has 0 bridgehead atoms. The lowest BCUT2D eigenvalue weighted by molar-refractivity contribution is -0.149. The van der Waals surface area contributed by atoms with Gasteiger partial charge in [-0.15, -0.1) is 0 Å². The Hall–Kier alpha value is -1.97. The van der Waals surface area contributed by atoms with Crippen LogP contribution in [0.2, 0.25) is 0 Å². The molecule has 352 valence electrons. The number of unbranched alkanes of at least 4 members (excludes halogenated alkanes) is 23. The Labute approximate surface area is 370 Å². The minimum Gasteiger partial charge on any atom is -0.462 e. The van der Waals surface area contributed by atoms with Crippen molar-refractivity contribution in [3.8, 4) is 0 Å². The van der Waals surface area contributed by atoms with Crippen molar-refractivity contribution in [3.63, 3.8) is 0 Å². The molecule has 60 heavy (non-hydrogen) atoms. The zero-order valence-corrected chi connectivity index (χ0v) is 39.9. The van der Waals surface area contributed by atoms with Crippen LogP contribution >= 0.6 is 0 Å². The minimum absolute atomic E-state index is 0.0151. The highest BCUT2D eigenvalue weighted by molar-refractivity contribution is 5.69. The van der Waals surface area contributed by atoms with Crippen LogP contribution in [0.4, 0.5) is 5.82 Å². The van der Waals surface area contributed by atoms with Crippen molar-refractivity contribution in [3.05, 3.63) is 22.7 Å². The second-order valence-corrected chi connectivity index (χ2v) is 17.9. The number of esters is 1. The van der Waals surface area contributed by atoms with Crippen molar-refractivity contribution in [2.45, 2.75) is 271 Å². The molecule has 0 saturated heterocycles. The number of rotatable bonds is 46. The average molecular weight is 847 g/mol. The Morgan fingerprint density at radius 1 is 0.617 bits per heavy atom. The van der Waals surface area contributed by atoms with Gasteiger partial charge in [0.25, 0.3) is 5.56 Å². The number of hydrogen-bond acceptors (Lipinski definition) is 8. The van der Waals surface area contributed by atoms with Crippen LogP contribution < -0.4 is 10.9 Å². The number of hydrogen-bond donors (Lipinski definition) is 3. The number of nitrogens with one attached hydrogen (secondary N) is 2. The van der Waals surface area contributed by atoms with E-state index in [1.807, 2.05) is 0 Å². The first-order chi connectivity index (χ1) is 29.4. The fourth-order valence-electron chi connectivity index (χ4n) is 8.26. The van der Waals surface area contributed by atoms with Gasteiger partial charge in [-0.25, -0.2) is 4.98 Å². The van der Waals surface area contributed by atoms with Crippen LogP contribution in [0.5, 0.6) is 0 Å². The van der Waals surface area contributed by atoms with Gasteiger partial charge in [-0.2, -0.15) is 0 Å². The maximum atomic E-state index is 12.5. The molecular weight excluding hydrogens is 749 g/mol. The second-order valence-electron chi connectivity index (χ2n) is 17.9. The molecule has 0 amide bonds. The first-order valence-electron chi connectivity index (χ1n) is 26.0. The summed E-state index contributed by atoms with van der Waals surface area (Å²) in [7, 11) is 0. The summed E-state index contributed by atoms with van der Waals surface area (Å²) in [5, 5.41) is 14.1. The van der Waals surface area contributed by atoms with Gasteiger partial charge in [0.15, 0.2) is 6.29 Å². The highest BCUT2D eigenvalue weighted by Gasteiger charge is 2.15. The molecular formula is C51H98N4O5. The molecule has 1 rings (SSSR count). The van der Waals surface area contributed by atoms with E-state index in [2.05, 4.69) is 47.9 Å². The van der Waals surface area contributed by atoms with Crippen molar-refractivity contribution in [1.82, 2.24) is 14.9 Å². The number of aromatic nitrogens is 2. The average Bonchev–Trinajstić information content (AvgIpc) is 3.24. The summed E-state index contributed by atoms with van der Waals surface area (Å²) in [6.07, 6.45) is 41.9. The molecule has 2 atom stereocenters. The molecule has 0 aromatic carbocycles. The molecule has 9 heteroatoms. The Morgan fingerprint density at radius 2 is 1.07 bits per heavy atom. The Morgan fingerprint density at radius 3 is 1.58 bits per heavy atom. The highest BCUT2D eigenvalue weighted by atomic mass is 16.6. The van der Waals surface area contributed by atoms with E-state index in [1.165, 1.54) is 154 Å². The Kier molecular flexibility index (Phi) is 39.5. The summed E-state index contributed by atoms with van der Waals surface area (Å²) in [4.78, 5) is 33.5. The fourth-order valence-corrected chi connectivity index (χ4v) is 8.26. The van der Waals surface area contributed by atoms with E-state index in [0.717, 1.165) is 103 Å². The van der Waals surface area contributed by atoms with Gasteiger partial charge in [-0.1, -0.05) is 175 Å². The first-order valence-corrected chi connectivity index (χ1v) is 26.0. The van der Waals surface area contributed by atoms with Gasteiger partial charge in [0, 0.05) is 19.0 Å². The molecule has 3 N–H and O–H groups in total. The largest absolute Gasteiger partial charge is 0.462 e. The molecule has 0 fully saturated rings. The van der Waals surface area contributed by atoms with E-state index in [0.29, 0.717) is 12.2 Å². The summed E-state index contributed by atoms with van der Waals surface area (Å²) >= 11 is 0. The zero-order chi connectivity index (χ0) is 43.6. The molecule has 1 heterocycles. The van der Waals surface area contributed by atoms with Gasteiger partial charge >= 0.3 is 5.97 Å². The van der Waals surface area contributed by atoms with Crippen molar-refractivity contribution in [2.75, 3.05) is 31.5 Å². The van der Waals surface area contributed by atoms with Crippen molar-refractivity contribution in [1.29, 1.82) is 0 Å². The second kappa shape index (κ2) is 42.3. The SMILES string of the molecule is CCCCCCCCC(CC)OC(=O)CCCCCCCN(CCCCCCCC(O)OC(CCCCCCCC)CCCCCCCC)CCCNc1cc(=O)[nH]cn1. The predicted molar refractivity (Wildman–Crippen MR) is 255 cm³/mol. The van der Waals surface area contributed by atoms with E-state index >= 15 is 0 Å². The zero-order valence-electron chi connectivity index (χ0n) is 39.9. The van der Waals surface area contributed by atoms with E-state index in [9.17, 15) is 14.7 Å². The van der Waals surface area contributed by atoms with Gasteiger partial charge in [0.05, 0.1) is 12.4 Å². The van der Waals surface area contributed by atoms with Gasteiger partial charge in [-0.05, 0) is 90.3 Å². The molecule has 0 spiro atoms. The summed E-state index contributed by atoms with van der Waals surface area (Å²) in [6.45, 7) is 12.9. The summed E-state index contributed by atoms with van der Waals surface area (Å²) in [5.41, 5.74) is -0.141.